The molecule has 1 fully saturated rings. The Labute approximate surface area is 169 Å². The van der Waals surface area contributed by atoms with Crippen LogP contribution in [-0.4, -0.2) is 33.8 Å². The van der Waals surface area contributed by atoms with Gasteiger partial charge in [0.2, 0.25) is 5.91 Å². The average molecular weight is 392 g/mol. The summed E-state index contributed by atoms with van der Waals surface area (Å²) in [5, 5.41) is 8.54. The lowest BCUT2D eigenvalue weighted by molar-refractivity contribution is -0.135. The van der Waals surface area contributed by atoms with E-state index in [4.69, 9.17) is 11.1 Å². The normalized spacial score (nSPS) is 16.9. The molecule has 1 aliphatic rings. The molecule has 3 aromatic rings. The Morgan fingerprint density at radius 2 is 1.93 bits per heavy atom. The average Bonchev–Trinajstić information content (AvgIpc) is 3.12. The second-order valence-corrected chi connectivity index (χ2v) is 7.70. The Hall–Kier alpha value is -3.15. The summed E-state index contributed by atoms with van der Waals surface area (Å²) >= 11 is 0. The number of hydrogen-bond acceptors (Lipinski definition) is 2. The molecular weight excluding hydrogens is 367 g/mol. The predicted molar refractivity (Wildman–Crippen MR) is 112 cm³/mol. The van der Waals surface area contributed by atoms with E-state index in [1.807, 2.05) is 39.9 Å². The van der Waals surface area contributed by atoms with Gasteiger partial charge in [-0.05, 0) is 67.6 Å². The van der Waals surface area contributed by atoms with Gasteiger partial charge in [-0.2, -0.15) is 0 Å². The molecular formula is C23H25FN4O. The third-order valence-corrected chi connectivity index (χ3v) is 5.72. The molecule has 4 rings (SSSR count). The van der Waals surface area contributed by atoms with Crippen molar-refractivity contribution in [2.75, 3.05) is 6.54 Å². The molecule has 1 amide bonds. The van der Waals surface area contributed by atoms with Crippen molar-refractivity contribution in [1.29, 1.82) is 5.41 Å². The predicted octanol–water partition coefficient (Wildman–Crippen LogP) is 3.69. The molecule has 5 nitrogen and oxygen atoms in total. The van der Waals surface area contributed by atoms with Crippen LogP contribution < -0.4 is 5.73 Å². The number of nitrogens with two attached hydrogens (primary N) is 1. The number of carbonyl (C=O) groups is 1. The fourth-order valence-electron chi connectivity index (χ4n) is 4.18. The van der Waals surface area contributed by atoms with E-state index in [-0.39, 0.29) is 30.1 Å². The minimum Gasteiger partial charge on any atom is -0.384 e. The maximum absolute atomic E-state index is 13.2. The number of benzene rings is 2. The molecule has 6 heteroatoms. The Balaban J connectivity index is 1.50. The molecule has 0 saturated carbocycles. The van der Waals surface area contributed by atoms with Crippen LogP contribution in [0.1, 0.15) is 30.4 Å². The molecule has 1 atom stereocenters. The third kappa shape index (κ3) is 4.16. The highest BCUT2D eigenvalue weighted by Gasteiger charge is 2.27. The van der Waals surface area contributed by atoms with Gasteiger partial charge in [-0.3, -0.25) is 10.2 Å². The van der Waals surface area contributed by atoms with Gasteiger partial charge in [-0.25, -0.2) is 4.39 Å². The topological polar surface area (TPSA) is 75.1 Å². The number of aromatic nitrogens is 1. The zero-order chi connectivity index (χ0) is 20.4. The van der Waals surface area contributed by atoms with Crippen LogP contribution in [0.3, 0.4) is 0 Å². The summed E-state index contributed by atoms with van der Waals surface area (Å²) in [6.45, 7) is 1.04. The van der Waals surface area contributed by atoms with Crippen molar-refractivity contribution in [3.8, 4) is 0 Å². The maximum Gasteiger partial charge on any atom is 0.242 e. The van der Waals surface area contributed by atoms with Crippen molar-refractivity contribution in [2.24, 2.45) is 5.73 Å². The smallest absolute Gasteiger partial charge is 0.242 e. The molecule has 1 aromatic heterocycles. The van der Waals surface area contributed by atoms with E-state index in [0.717, 1.165) is 48.7 Å². The molecule has 1 aliphatic heterocycles. The Kier molecular flexibility index (Phi) is 5.34. The first-order valence-corrected chi connectivity index (χ1v) is 9.98. The summed E-state index contributed by atoms with van der Waals surface area (Å²) in [4.78, 5) is 15.1. The summed E-state index contributed by atoms with van der Waals surface area (Å²) < 4.78 is 15.1. The van der Waals surface area contributed by atoms with Crippen LogP contribution in [-0.2, 0) is 17.8 Å². The van der Waals surface area contributed by atoms with E-state index in [1.54, 1.807) is 12.1 Å². The zero-order valence-electron chi connectivity index (χ0n) is 16.3. The minimum atomic E-state index is -0.238. The zero-order valence-corrected chi connectivity index (χ0v) is 16.3. The van der Waals surface area contributed by atoms with Crippen molar-refractivity contribution in [1.82, 2.24) is 9.47 Å². The third-order valence-electron chi connectivity index (χ3n) is 5.72. The van der Waals surface area contributed by atoms with Crippen LogP contribution in [0.2, 0.25) is 0 Å². The van der Waals surface area contributed by atoms with E-state index in [1.165, 1.54) is 12.1 Å². The first-order valence-electron chi connectivity index (χ1n) is 9.98. The summed E-state index contributed by atoms with van der Waals surface area (Å²) in [6, 6.07) is 14.2. The standard InChI is InChI=1S/C23H25FN4O/c24-19-7-4-16(5-8-19)13-20-3-1-2-11-28(20)22(29)15-27-12-10-17-14-18(23(25)26)6-9-21(17)27/h4-10,12,14,20H,1-3,11,13,15H2,(H3,25,26). The van der Waals surface area contributed by atoms with Gasteiger partial charge in [0.1, 0.15) is 18.2 Å². The van der Waals surface area contributed by atoms with Gasteiger partial charge < -0.3 is 15.2 Å². The maximum atomic E-state index is 13.2. The van der Waals surface area contributed by atoms with Crippen molar-refractivity contribution in [2.45, 2.75) is 38.3 Å². The lowest BCUT2D eigenvalue weighted by atomic mass is 9.95. The summed E-state index contributed by atoms with van der Waals surface area (Å²) in [6.07, 6.45) is 5.75. The summed E-state index contributed by atoms with van der Waals surface area (Å²) in [5.74, 6) is -0.102. The molecule has 150 valence electrons. The highest BCUT2D eigenvalue weighted by Crippen LogP contribution is 2.23. The molecule has 0 bridgehead atoms. The molecule has 1 unspecified atom stereocenters. The fraction of sp³-hybridized carbons (Fsp3) is 0.304. The van der Waals surface area contributed by atoms with Gasteiger partial charge in [0.15, 0.2) is 0 Å². The molecule has 0 aliphatic carbocycles. The molecule has 0 spiro atoms. The number of amides is 1. The lowest BCUT2D eigenvalue weighted by Crippen LogP contribution is -2.46. The molecule has 29 heavy (non-hydrogen) atoms. The SMILES string of the molecule is N=C(N)c1ccc2c(ccn2CC(=O)N2CCCCC2Cc2ccc(F)cc2)c1. The van der Waals surface area contributed by atoms with Gasteiger partial charge in [-0.15, -0.1) is 0 Å². The number of carbonyl (C=O) groups excluding carboxylic acids is 1. The number of fused-ring (bicyclic) bond motifs is 1. The molecule has 2 heterocycles. The van der Waals surface area contributed by atoms with Crippen molar-refractivity contribution < 1.29 is 9.18 Å². The van der Waals surface area contributed by atoms with Gasteiger partial charge in [0.25, 0.3) is 0 Å². The highest BCUT2D eigenvalue weighted by molar-refractivity contribution is 5.98. The molecule has 2 aromatic carbocycles. The second kappa shape index (κ2) is 8.07. The largest absolute Gasteiger partial charge is 0.384 e. The van der Waals surface area contributed by atoms with Crippen molar-refractivity contribution in [3.05, 3.63) is 71.7 Å². The molecule has 0 radical (unpaired) electrons. The summed E-state index contributed by atoms with van der Waals surface area (Å²) in [7, 11) is 0. The Morgan fingerprint density at radius 1 is 1.14 bits per heavy atom. The quantitative estimate of drug-likeness (QED) is 0.513. The lowest BCUT2D eigenvalue weighted by Gasteiger charge is -2.36. The van der Waals surface area contributed by atoms with E-state index < -0.39 is 0 Å². The van der Waals surface area contributed by atoms with Crippen LogP contribution >= 0.6 is 0 Å². The number of halogens is 1. The Morgan fingerprint density at radius 3 is 2.69 bits per heavy atom. The van der Waals surface area contributed by atoms with Crippen molar-refractivity contribution in [3.63, 3.8) is 0 Å². The monoisotopic (exact) mass is 392 g/mol. The number of piperidine rings is 1. The summed E-state index contributed by atoms with van der Waals surface area (Å²) in [5.41, 5.74) is 8.26. The number of amidine groups is 1. The number of likely N-dealkylation sites (tertiary alicyclic amines) is 1. The first-order chi connectivity index (χ1) is 14.0. The minimum absolute atomic E-state index is 0.0349. The number of rotatable bonds is 5. The number of nitrogens with one attached hydrogen (secondary N) is 1. The van der Waals surface area contributed by atoms with E-state index in [9.17, 15) is 9.18 Å². The van der Waals surface area contributed by atoms with E-state index in [2.05, 4.69) is 0 Å². The van der Waals surface area contributed by atoms with Crippen molar-refractivity contribution >= 4 is 22.6 Å². The van der Waals surface area contributed by atoms with E-state index >= 15 is 0 Å². The van der Waals surface area contributed by atoms with Crippen LogP contribution in [0.15, 0.2) is 54.7 Å². The second-order valence-electron chi connectivity index (χ2n) is 7.70. The van der Waals surface area contributed by atoms with Gasteiger partial charge >= 0.3 is 0 Å². The first kappa shape index (κ1) is 19.2. The number of nitrogen functional groups attached to an aromatic ring is 1. The van der Waals surface area contributed by atoms with Crippen LogP contribution in [0.4, 0.5) is 4.39 Å². The Bertz CT molecular complexity index is 1040. The highest BCUT2D eigenvalue weighted by atomic mass is 19.1. The van der Waals surface area contributed by atoms with Gasteiger partial charge in [0, 0.05) is 35.2 Å². The molecule has 1 saturated heterocycles. The van der Waals surface area contributed by atoms with Crippen LogP contribution in [0, 0.1) is 11.2 Å². The van der Waals surface area contributed by atoms with Gasteiger partial charge in [0.05, 0.1) is 0 Å². The van der Waals surface area contributed by atoms with E-state index in [0.29, 0.717) is 5.56 Å². The van der Waals surface area contributed by atoms with Crippen LogP contribution in [0.5, 0.6) is 0 Å². The fourth-order valence-corrected chi connectivity index (χ4v) is 4.18. The van der Waals surface area contributed by atoms with Crippen LogP contribution in [0.25, 0.3) is 10.9 Å². The number of nitrogens with zero attached hydrogens (tertiary/aromatic N) is 2. The molecule has 3 N–H and O–H groups in total. The van der Waals surface area contributed by atoms with Gasteiger partial charge in [-0.1, -0.05) is 12.1 Å². The number of hydrogen-bond donors (Lipinski definition) is 2.